The van der Waals surface area contributed by atoms with Crippen LogP contribution in [0.15, 0.2) is 12.4 Å². The Labute approximate surface area is 109 Å². The molecule has 4 nitrogen and oxygen atoms in total. The summed E-state index contributed by atoms with van der Waals surface area (Å²) >= 11 is 0. The normalized spacial score (nSPS) is 28.5. The van der Waals surface area contributed by atoms with Gasteiger partial charge >= 0.3 is 0 Å². The predicted octanol–water partition coefficient (Wildman–Crippen LogP) is 1.48. The van der Waals surface area contributed by atoms with E-state index in [0.717, 1.165) is 31.5 Å². The van der Waals surface area contributed by atoms with E-state index in [4.69, 9.17) is 0 Å². The predicted molar refractivity (Wildman–Crippen MR) is 72.3 cm³/mol. The number of piperidine rings is 1. The third-order valence-corrected chi connectivity index (χ3v) is 4.32. The molecule has 0 radical (unpaired) electrons. The summed E-state index contributed by atoms with van der Waals surface area (Å²) in [5.74, 6) is 0.879. The largest absolute Gasteiger partial charge is 0.315 e. The Bertz CT molecular complexity index is 387. The standard InChI is InChI=1S/C14H24N4/c1-2-5-18-11-12(7-16-18)10-17-6-3-4-13-8-15-9-14(13)17/h7,11,13-15H,2-6,8-10H2,1H3. The van der Waals surface area contributed by atoms with E-state index in [2.05, 4.69) is 33.1 Å². The molecule has 2 aliphatic rings. The molecule has 0 aliphatic carbocycles. The third-order valence-electron chi connectivity index (χ3n) is 4.32. The van der Waals surface area contributed by atoms with Crippen molar-refractivity contribution in [2.75, 3.05) is 19.6 Å². The van der Waals surface area contributed by atoms with Gasteiger partial charge in [0.15, 0.2) is 0 Å². The SMILES string of the molecule is CCCn1cc(CN2CCCC3CNCC32)cn1. The average molecular weight is 248 g/mol. The van der Waals surface area contributed by atoms with Gasteiger partial charge in [-0.1, -0.05) is 6.92 Å². The summed E-state index contributed by atoms with van der Waals surface area (Å²) in [7, 11) is 0. The van der Waals surface area contributed by atoms with Crippen molar-refractivity contribution in [2.45, 2.75) is 45.3 Å². The van der Waals surface area contributed by atoms with Crippen LogP contribution in [0.5, 0.6) is 0 Å². The highest BCUT2D eigenvalue weighted by molar-refractivity contribution is 5.05. The van der Waals surface area contributed by atoms with E-state index in [-0.39, 0.29) is 0 Å². The maximum Gasteiger partial charge on any atom is 0.0534 e. The number of nitrogens with one attached hydrogen (secondary N) is 1. The molecule has 2 aliphatic heterocycles. The summed E-state index contributed by atoms with van der Waals surface area (Å²) in [5, 5.41) is 7.97. The molecule has 18 heavy (non-hydrogen) atoms. The van der Waals surface area contributed by atoms with Gasteiger partial charge in [-0.25, -0.2) is 0 Å². The number of nitrogens with zero attached hydrogens (tertiary/aromatic N) is 3. The van der Waals surface area contributed by atoms with Gasteiger partial charge in [-0.2, -0.15) is 5.10 Å². The average Bonchev–Trinajstić information content (AvgIpc) is 2.99. The first-order valence-electron chi connectivity index (χ1n) is 7.33. The lowest BCUT2D eigenvalue weighted by Crippen LogP contribution is -2.44. The van der Waals surface area contributed by atoms with E-state index >= 15 is 0 Å². The fourth-order valence-corrected chi connectivity index (χ4v) is 3.43. The van der Waals surface area contributed by atoms with Crippen LogP contribution < -0.4 is 5.32 Å². The first kappa shape index (κ1) is 12.2. The Morgan fingerprint density at radius 1 is 1.44 bits per heavy atom. The fraction of sp³-hybridized carbons (Fsp3) is 0.786. The molecule has 1 aromatic rings. The number of rotatable bonds is 4. The first-order chi connectivity index (χ1) is 8.86. The summed E-state index contributed by atoms with van der Waals surface area (Å²) < 4.78 is 2.07. The van der Waals surface area contributed by atoms with Crippen LogP contribution in [0.3, 0.4) is 0 Å². The molecule has 100 valence electrons. The number of likely N-dealkylation sites (tertiary alicyclic amines) is 1. The molecule has 3 heterocycles. The molecule has 0 saturated carbocycles. The van der Waals surface area contributed by atoms with Gasteiger partial charge < -0.3 is 5.32 Å². The van der Waals surface area contributed by atoms with Gasteiger partial charge in [0, 0.05) is 37.4 Å². The van der Waals surface area contributed by atoms with Crippen molar-refractivity contribution in [1.82, 2.24) is 20.0 Å². The molecule has 0 amide bonds. The van der Waals surface area contributed by atoms with Crippen LogP contribution in [0, 0.1) is 5.92 Å². The van der Waals surface area contributed by atoms with Gasteiger partial charge in [0.05, 0.1) is 6.20 Å². The minimum Gasteiger partial charge on any atom is -0.315 e. The van der Waals surface area contributed by atoms with Crippen LogP contribution in [0.1, 0.15) is 31.7 Å². The first-order valence-corrected chi connectivity index (χ1v) is 7.33. The molecular weight excluding hydrogens is 224 g/mol. The Morgan fingerprint density at radius 2 is 2.39 bits per heavy atom. The highest BCUT2D eigenvalue weighted by Crippen LogP contribution is 2.27. The second-order valence-electron chi connectivity index (χ2n) is 5.71. The molecule has 0 aromatic carbocycles. The summed E-state index contributed by atoms with van der Waals surface area (Å²) in [6, 6.07) is 0.758. The summed E-state index contributed by atoms with van der Waals surface area (Å²) in [6.07, 6.45) is 8.17. The summed E-state index contributed by atoms with van der Waals surface area (Å²) in [5.41, 5.74) is 1.37. The van der Waals surface area contributed by atoms with Crippen molar-refractivity contribution in [2.24, 2.45) is 5.92 Å². The number of aromatic nitrogens is 2. The van der Waals surface area contributed by atoms with Crippen molar-refractivity contribution in [3.63, 3.8) is 0 Å². The lowest BCUT2D eigenvalue weighted by atomic mass is 9.92. The maximum absolute atomic E-state index is 4.43. The quantitative estimate of drug-likeness (QED) is 0.876. The molecular formula is C14H24N4. The Morgan fingerprint density at radius 3 is 3.28 bits per heavy atom. The molecule has 1 N–H and O–H groups in total. The van der Waals surface area contributed by atoms with E-state index in [1.807, 2.05) is 6.20 Å². The van der Waals surface area contributed by atoms with Crippen LogP contribution in [0.4, 0.5) is 0 Å². The van der Waals surface area contributed by atoms with Crippen molar-refractivity contribution in [1.29, 1.82) is 0 Å². The molecule has 3 rings (SSSR count). The Hall–Kier alpha value is -0.870. The van der Waals surface area contributed by atoms with Crippen molar-refractivity contribution < 1.29 is 0 Å². The summed E-state index contributed by atoms with van der Waals surface area (Å²) in [6.45, 7) is 7.95. The van der Waals surface area contributed by atoms with Gasteiger partial charge in [0.2, 0.25) is 0 Å². The van der Waals surface area contributed by atoms with Crippen LogP contribution in [-0.4, -0.2) is 40.4 Å². The summed E-state index contributed by atoms with van der Waals surface area (Å²) in [4.78, 5) is 2.65. The fourth-order valence-electron chi connectivity index (χ4n) is 3.43. The second-order valence-corrected chi connectivity index (χ2v) is 5.71. The van der Waals surface area contributed by atoms with Crippen LogP contribution >= 0.6 is 0 Å². The molecule has 0 spiro atoms. The number of fused-ring (bicyclic) bond motifs is 1. The zero-order chi connectivity index (χ0) is 12.4. The minimum atomic E-state index is 0.758. The highest BCUT2D eigenvalue weighted by Gasteiger charge is 2.34. The zero-order valence-electron chi connectivity index (χ0n) is 11.3. The van der Waals surface area contributed by atoms with E-state index in [9.17, 15) is 0 Å². The minimum absolute atomic E-state index is 0.758. The lowest BCUT2D eigenvalue weighted by Gasteiger charge is -2.36. The van der Waals surface area contributed by atoms with Gasteiger partial charge in [0.25, 0.3) is 0 Å². The molecule has 0 bridgehead atoms. The number of aryl methyl sites for hydroxylation is 1. The number of hydrogen-bond donors (Lipinski definition) is 1. The smallest absolute Gasteiger partial charge is 0.0534 e. The highest BCUT2D eigenvalue weighted by atomic mass is 15.3. The molecule has 2 fully saturated rings. The van der Waals surface area contributed by atoms with Crippen LogP contribution in [-0.2, 0) is 13.1 Å². The van der Waals surface area contributed by atoms with Crippen LogP contribution in [0.25, 0.3) is 0 Å². The molecule has 2 unspecified atom stereocenters. The Kier molecular flexibility index (Phi) is 3.66. The van der Waals surface area contributed by atoms with Crippen molar-refractivity contribution in [3.8, 4) is 0 Å². The van der Waals surface area contributed by atoms with E-state index < -0.39 is 0 Å². The zero-order valence-corrected chi connectivity index (χ0v) is 11.3. The lowest BCUT2D eigenvalue weighted by molar-refractivity contribution is 0.117. The van der Waals surface area contributed by atoms with Gasteiger partial charge in [-0.3, -0.25) is 9.58 Å². The van der Waals surface area contributed by atoms with E-state index in [1.165, 1.54) is 38.0 Å². The topological polar surface area (TPSA) is 33.1 Å². The van der Waals surface area contributed by atoms with Gasteiger partial charge in [-0.05, 0) is 38.3 Å². The Balaban J connectivity index is 1.63. The maximum atomic E-state index is 4.43. The molecule has 2 atom stereocenters. The van der Waals surface area contributed by atoms with Gasteiger partial charge in [-0.15, -0.1) is 0 Å². The van der Waals surface area contributed by atoms with Crippen molar-refractivity contribution in [3.05, 3.63) is 18.0 Å². The monoisotopic (exact) mass is 248 g/mol. The van der Waals surface area contributed by atoms with Crippen molar-refractivity contribution >= 4 is 0 Å². The molecule has 2 saturated heterocycles. The van der Waals surface area contributed by atoms with E-state index in [0.29, 0.717) is 0 Å². The molecule has 4 heteroatoms. The number of hydrogen-bond acceptors (Lipinski definition) is 3. The van der Waals surface area contributed by atoms with Crippen LogP contribution in [0.2, 0.25) is 0 Å². The third kappa shape index (κ3) is 2.45. The van der Waals surface area contributed by atoms with E-state index in [1.54, 1.807) is 0 Å². The second kappa shape index (κ2) is 5.41. The van der Waals surface area contributed by atoms with Gasteiger partial charge in [0.1, 0.15) is 0 Å². The molecule has 1 aromatic heterocycles.